The topological polar surface area (TPSA) is 469 Å². The van der Waals surface area contributed by atoms with Crippen molar-refractivity contribution in [3.8, 4) is 0 Å². The average molecular weight is 952 g/mol. The summed E-state index contributed by atoms with van der Waals surface area (Å²) in [7, 11) is 3.85. The molecule has 0 unspecified atom stereocenters. The molecule has 0 bridgehead atoms. The Bertz CT molecular complexity index is 1570. The number of rotatable bonds is 35. The predicted octanol–water partition coefficient (Wildman–Crippen LogP) is -10.6. The molecule has 8 amide bonds. The van der Waals surface area contributed by atoms with E-state index in [0.29, 0.717) is 32.2 Å². The molecule has 0 heterocycles. The summed E-state index contributed by atoms with van der Waals surface area (Å²) < 4.78 is 0. The zero-order chi connectivity index (χ0) is 50.7. The molecule has 0 aliphatic heterocycles. The summed E-state index contributed by atoms with van der Waals surface area (Å²) in [6, 6.07) is -11.3. The van der Waals surface area contributed by atoms with E-state index in [1.165, 1.54) is 13.8 Å². The Balaban J connectivity index is 6.33. The maximum absolute atomic E-state index is 13.8. The lowest BCUT2D eigenvalue weighted by molar-refractivity contribution is -0.858. The van der Waals surface area contributed by atoms with Crippen LogP contribution in [0.15, 0.2) is 0 Å². The Hall–Kier alpha value is -5.13. The highest BCUT2D eigenvalue weighted by Gasteiger charge is 2.35. The van der Waals surface area contributed by atoms with Crippen LogP contribution in [0.1, 0.15) is 85.0 Å². The number of nitrogens with two attached hydrogens (primary N) is 3. The van der Waals surface area contributed by atoms with Gasteiger partial charge in [0.15, 0.2) is 6.04 Å². The molecule has 10 atom stereocenters. The van der Waals surface area contributed by atoms with E-state index in [-0.39, 0.29) is 38.6 Å². The van der Waals surface area contributed by atoms with Gasteiger partial charge in [0.25, 0.3) is 5.91 Å². The van der Waals surface area contributed by atoms with Crippen molar-refractivity contribution in [2.75, 3.05) is 40.3 Å². The van der Waals surface area contributed by atoms with Gasteiger partial charge in [-0.3, -0.25) is 43.7 Å². The number of carboxylic acid groups (broad SMARTS) is 1. The molecule has 0 radical (unpaired) electrons. The molecule has 0 spiro atoms. The summed E-state index contributed by atoms with van der Waals surface area (Å²) >= 11 is 0. The van der Waals surface area contributed by atoms with E-state index in [2.05, 4.69) is 54.0 Å². The molecule has 0 saturated heterocycles. The number of aliphatic hydroxyl groups is 3. The minimum atomic E-state index is -1.75. The highest BCUT2D eigenvalue weighted by atomic mass is 16.4. The second-order valence-electron chi connectivity index (χ2n) is 16.6. The molecular weight excluding hydrogens is 873 g/mol. The SMILES string of the molecule is C[C@H](NC(=O)[C@@H](NC(=O)[C@H](CCC(N)=O)NC(=O)[C@H](CCCC[NH3+])NC(=O)[C@@H]([NH3+])[C@@H](C)O)[C@@H](C)O)C(=O)N[C@@H](CCCNC(N)N)C(=O)N[C@@H](CCCC[NH+](C)C)C(=O)N[C@@H](CO)C(=O)O. The Kier molecular flexibility index (Phi) is 30.0. The van der Waals surface area contributed by atoms with Crippen molar-refractivity contribution in [2.24, 2.45) is 17.2 Å². The van der Waals surface area contributed by atoms with Gasteiger partial charge in [-0.2, -0.15) is 0 Å². The van der Waals surface area contributed by atoms with Crippen LogP contribution in [0.3, 0.4) is 0 Å². The van der Waals surface area contributed by atoms with E-state index < -0.39 is 133 Å². The van der Waals surface area contributed by atoms with Gasteiger partial charge in [0, 0.05) is 6.42 Å². The van der Waals surface area contributed by atoms with Gasteiger partial charge in [-0.25, -0.2) is 4.79 Å². The molecule has 0 aromatic heterocycles. The number of carbonyl (C=O) groups is 9. The van der Waals surface area contributed by atoms with Gasteiger partial charge in [-0.15, -0.1) is 0 Å². The van der Waals surface area contributed by atoms with Crippen molar-refractivity contribution in [3.63, 3.8) is 0 Å². The summed E-state index contributed by atoms with van der Waals surface area (Å²) in [5.41, 5.74) is 23.8. The lowest BCUT2D eigenvalue weighted by Crippen LogP contribution is -3.05. The molecule has 0 aromatic rings. The first-order chi connectivity index (χ1) is 30.9. The van der Waals surface area contributed by atoms with E-state index in [1.54, 1.807) is 0 Å². The predicted molar refractivity (Wildman–Crippen MR) is 235 cm³/mol. The number of hydrogen-bond acceptors (Lipinski definition) is 15. The molecule has 25 N–H and O–H groups in total. The van der Waals surface area contributed by atoms with Crippen molar-refractivity contribution in [1.29, 1.82) is 0 Å². The quantitative estimate of drug-likeness (QED) is 0.0207. The first-order valence-corrected chi connectivity index (χ1v) is 22.1. The molecule has 0 saturated carbocycles. The number of carboxylic acids is 1. The molecule has 0 rings (SSSR count). The highest BCUT2D eigenvalue weighted by molar-refractivity contribution is 5.97. The molecule has 27 nitrogen and oxygen atoms in total. The molecule has 66 heavy (non-hydrogen) atoms. The number of aliphatic carboxylic acids is 1. The van der Waals surface area contributed by atoms with Crippen LogP contribution in [-0.2, 0) is 43.2 Å². The second-order valence-corrected chi connectivity index (χ2v) is 16.6. The van der Waals surface area contributed by atoms with Crippen LogP contribution < -0.4 is 76.1 Å². The number of unbranched alkanes of at least 4 members (excludes halogenated alkanes) is 2. The van der Waals surface area contributed by atoms with Crippen LogP contribution in [0.4, 0.5) is 0 Å². The van der Waals surface area contributed by atoms with Gasteiger partial charge in [-0.1, -0.05) is 0 Å². The number of amides is 8. The van der Waals surface area contributed by atoms with Gasteiger partial charge in [-0.05, 0) is 85.1 Å². The third kappa shape index (κ3) is 25.0. The third-order valence-corrected chi connectivity index (χ3v) is 10.2. The first-order valence-electron chi connectivity index (χ1n) is 22.1. The van der Waals surface area contributed by atoms with E-state index in [4.69, 9.17) is 17.2 Å². The van der Waals surface area contributed by atoms with Crippen LogP contribution in [0.5, 0.6) is 0 Å². The Labute approximate surface area is 384 Å². The van der Waals surface area contributed by atoms with Crippen molar-refractivity contribution in [1.82, 2.24) is 42.5 Å². The van der Waals surface area contributed by atoms with Gasteiger partial charge in [0.05, 0.1) is 39.9 Å². The van der Waals surface area contributed by atoms with Crippen molar-refractivity contribution in [2.45, 2.75) is 152 Å². The smallest absolute Gasteiger partial charge is 0.328 e. The zero-order valence-electron chi connectivity index (χ0n) is 38.9. The standard InChI is InChI=1S/C39H76N14O13/c1-20(31(58)47-25(13-10-17-45-39(43)44)33(60)48-23(12-7-9-18-53(4)5)34(61)51-27(19-54)38(65)66)46-37(64)30(22(3)56)52-35(62)26(14-15-28(41)57)49-32(59)24(11-6-8-16-40)50-36(63)29(42)21(2)55/h20-27,29-30,39,45,54-56H,6-19,40,42-44H2,1-5H3,(H2,41,57)(H,46,64)(H,47,58)(H,48,60)(H,49,59)(H,50,63)(H,51,61)(H,52,62)(H,65,66)/p+3/t20-,21+,22+,23-,24-,25-,26-,27-,29-,30-/m0/s1. The van der Waals surface area contributed by atoms with Crippen LogP contribution in [0.2, 0.25) is 0 Å². The fourth-order valence-electron chi connectivity index (χ4n) is 6.11. The monoisotopic (exact) mass is 952 g/mol. The number of hydrogen-bond donors (Lipinski definition) is 18. The number of carbonyl (C=O) groups excluding carboxylic acids is 8. The van der Waals surface area contributed by atoms with Crippen LogP contribution in [0, 0.1) is 0 Å². The fraction of sp³-hybridized carbons (Fsp3) is 0.769. The minimum Gasteiger partial charge on any atom is -0.480 e. The first kappa shape index (κ1) is 60.9. The second kappa shape index (κ2) is 32.5. The molecule has 0 fully saturated rings. The van der Waals surface area contributed by atoms with Crippen molar-refractivity contribution >= 4 is 53.2 Å². The van der Waals surface area contributed by atoms with Crippen molar-refractivity contribution in [3.05, 3.63) is 0 Å². The highest BCUT2D eigenvalue weighted by Crippen LogP contribution is 2.08. The van der Waals surface area contributed by atoms with Gasteiger partial charge < -0.3 is 91.2 Å². The Morgan fingerprint density at radius 3 is 1.48 bits per heavy atom. The van der Waals surface area contributed by atoms with Crippen LogP contribution in [-0.4, -0.2) is 181 Å². The van der Waals surface area contributed by atoms with E-state index in [0.717, 1.165) is 18.4 Å². The lowest BCUT2D eigenvalue weighted by Gasteiger charge is -2.28. The normalized spacial score (nSPS) is 15.9. The Morgan fingerprint density at radius 2 is 1.05 bits per heavy atom. The number of nitrogens with one attached hydrogen (secondary N) is 9. The van der Waals surface area contributed by atoms with Crippen LogP contribution >= 0.6 is 0 Å². The van der Waals surface area contributed by atoms with Crippen LogP contribution in [0.25, 0.3) is 0 Å². The molecular formula is C39H79N14O13+3. The number of quaternary nitrogens is 3. The average Bonchev–Trinajstić information content (AvgIpc) is 3.23. The maximum atomic E-state index is 13.8. The number of aliphatic hydroxyl groups excluding tert-OH is 3. The van der Waals surface area contributed by atoms with E-state index >= 15 is 0 Å². The summed E-state index contributed by atoms with van der Waals surface area (Å²) in [6.45, 7) is 4.28. The summed E-state index contributed by atoms with van der Waals surface area (Å²) in [5.74, 6) is -8.68. The summed E-state index contributed by atoms with van der Waals surface area (Å²) in [5, 5.41) is 59.0. The molecule has 0 aliphatic carbocycles. The minimum absolute atomic E-state index is 0.0493. The largest absolute Gasteiger partial charge is 0.480 e. The van der Waals surface area contributed by atoms with Crippen molar-refractivity contribution < 1.29 is 79.9 Å². The molecule has 27 heteroatoms. The third-order valence-electron chi connectivity index (χ3n) is 10.2. The number of primary amides is 1. The molecule has 0 aromatic carbocycles. The van der Waals surface area contributed by atoms with Gasteiger partial charge in [0.1, 0.15) is 54.7 Å². The molecule has 380 valence electrons. The fourth-order valence-corrected chi connectivity index (χ4v) is 6.11. The van der Waals surface area contributed by atoms with Gasteiger partial charge >= 0.3 is 5.97 Å². The van der Waals surface area contributed by atoms with E-state index in [9.17, 15) is 63.6 Å². The summed E-state index contributed by atoms with van der Waals surface area (Å²) in [6.07, 6.45) is -1.95. The lowest BCUT2D eigenvalue weighted by atomic mass is 10.0. The zero-order valence-corrected chi connectivity index (χ0v) is 38.9. The van der Waals surface area contributed by atoms with Gasteiger partial charge in [0.2, 0.25) is 41.4 Å². The summed E-state index contributed by atoms with van der Waals surface area (Å²) in [4.78, 5) is 118. The Morgan fingerprint density at radius 1 is 0.591 bits per heavy atom. The maximum Gasteiger partial charge on any atom is 0.328 e. The van der Waals surface area contributed by atoms with E-state index in [1.807, 2.05) is 14.1 Å². The molecule has 0 aliphatic rings.